The number of benzene rings is 1. The van der Waals surface area contributed by atoms with Gasteiger partial charge in [0.2, 0.25) is 0 Å². The molecule has 0 saturated carbocycles. The van der Waals surface area contributed by atoms with Gasteiger partial charge in [-0.25, -0.2) is 4.39 Å². The highest BCUT2D eigenvalue weighted by Crippen LogP contribution is 2.40. The van der Waals surface area contributed by atoms with Crippen molar-refractivity contribution in [3.63, 3.8) is 0 Å². The van der Waals surface area contributed by atoms with E-state index in [0.29, 0.717) is 12.2 Å². The number of aromatic nitrogens is 1. The fourth-order valence-corrected chi connectivity index (χ4v) is 2.70. The summed E-state index contributed by atoms with van der Waals surface area (Å²) in [4.78, 5) is 5.04. The number of hydrogen-bond acceptors (Lipinski definition) is 4. The van der Waals surface area contributed by atoms with Crippen molar-refractivity contribution in [2.24, 2.45) is 5.73 Å². The van der Waals surface area contributed by atoms with Crippen LogP contribution in [0.2, 0.25) is 0 Å². The molecule has 2 atom stereocenters. The third-order valence-electron chi connectivity index (χ3n) is 2.88. The van der Waals surface area contributed by atoms with E-state index in [9.17, 15) is 4.39 Å². The van der Waals surface area contributed by atoms with Crippen molar-refractivity contribution in [2.45, 2.75) is 18.6 Å². The summed E-state index contributed by atoms with van der Waals surface area (Å²) in [6, 6.07) is 4.38. The molecule has 3 rings (SSSR count). The van der Waals surface area contributed by atoms with E-state index in [1.165, 1.54) is 23.5 Å². The fourth-order valence-electron chi connectivity index (χ4n) is 2.03. The number of rotatable bonds is 1. The van der Waals surface area contributed by atoms with E-state index in [4.69, 9.17) is 10.5 Å². The quantitative estimate of drug-likeness (QED) is 0.846. The molecule has 0 amide bonds. The first-order valence-corrected chi connectivity index (χ1v) is 6.22. The van der Waals surface area contributed by atoms with Crippen molar-refractivity contribution in [3.05, 3.63) is 46.2 Å². The van der Waals surface area contributed by atoms with Gasteiger partial charge >= 0.3 is 0 Å². The summed E-state index contributed by atoms with van der Waals surface area (Å²) in [5.74, 6) is 0.239. The summed E-state index contributed by atoms with van der Waals surface area (Å²) in [5.41, 5.74) is 8.70. The maximum Gasteiger partial charge on any atom is 0.136 e. The van der Waals surface area contributed by atoms with Gasteiger partial charge in [-0.2, -0.15) is 0 Å². The highest BCUT2D eigenvalue weighted by molar-refractivity contribution is 7.09. The molecule has 0 fully saturated rings. The van der Waals surface area contributed by atoms with E-state index in [2.05, 4.69) is 4.98 Å². The Morgan fingerprint density at radius 1 is 1.47 bits per heavy atom. The van der Waals surface area contributed by atoms with Gasteiger partial charge in [0.15, 0.2) is 0 Å². The molecule has 1 aliphatic rings. The Bertz CT molecular complexity index is 529. The van der Waals surface area contributed by atoms with Crippen molar-refractivity contribution < 1.29 is 9.13 Å². The van der Waals surface area contributed by atoms with Crippen LogP contribution >= 0.6 is 11.3 Å². The molecule has 3 nitrogen and oxygen atoms in total. The molecule has 1 unspecified atom stereocenters. The van der Waals surface area contributed by atoms with Crippen molar-refractivity contribution in [3.8, 4) is 5.75 Å². The largest absolute Gasteiger partial charge is 0.484 e. The van der Waals surface area contributed by atoms with Crippen LogP contribution in [-0.4, -0.2) is 4.98 Å². The molecule has 0 saturated heterocycles. The molecule has 88 valence electrons. The number of nitrogens with zero attached hydrogens (tertiary/aromatic N) is 1. The lowest BCUT2D eigenvalue weighted by molar-refractivity contribution is 0.164. The summed E-state index contributed by atoms with van der Waals surface area (Å²) in [6.45, 7) is 0. The minimum atomic E-state index is -0.305. The molecule has 1 aromatic heterocycles. The maximum atomic E-state index is 13.2. The molecule has 0 radical (unpaired) electrons. The Hall–Kier alpha value is -1.46. The van der Waals surface area contributed by atoms with Crippen molar-refractivity contribution in [2.75, 3.05) is 0 Å². The molecule has 5 heteroatoms. The van der Waals surface area contributed by atoms with E-state index < -0.39 is 0 Å². The van der Waals surface area contributed by atoms with Gasteiger partial charge in [-0.1, -0.05) is 6.07 Å². The predicted octanol–water partition coefficient (Wildman–Crippen LogP) is 2.81. The lowest BCUT2D eigenvalue weighted by atomic mass is 9.97. The van der Waals surface area contributed by atoms with E-state index >= 15 is 0 Å². The van der Waals surface area contributed by atoms with Crippen LogP contribution in [0.4, 0.5) is 4.39 Å². The van der Waals surface area contributed by atoms with E-state index in [0.717, 1.165) is 10.4 Å². The first kappa shape index (κ1) is 10.7. The van der Waals surface area contributed by atoms with Crippen LogP contribution in [-0.2, 0) is 0 Å². The van der Waals surface area contributed by atoms with Crippen LogP contribution in [0, 0.1) is 5.82 Å². The van der Waals surface area contributed by atoms with E-state index in [-0.39, 0.29) is 18.0 Å². The molecule has 0 bridgehead atoms. The third kappa shape index (κ3) is 1.92. The predicted molar refractivity (Wildman–Crippen MR) is 63.4 cm³/mol. The fraction of sp³-hybridized carbons (Fsp3) is 0.250. The number of thiazole rings is 1. The molecule has 2 N–H and O–H groups in total. The lowest BCUT2D eigenvalue weighted by Gasteiger charge is -2.29. The van der Waals surface area contributed by atoms with Crippen molar-refractivity contribution in [1.82, 2.24) is 4.98 Å². The second-order valence-corrected chi connectivity index (χ2v) is 4.95. The van der Waals surface area contributed by atoms with Gasteiger partial charge in [0.05, 0.1) is 10.4 Å². The van der Waals surface area contributed by atoms with E-state index in [1.807, 2.05) is 0 Å². The molecule has 2 heterocycles. The number of fused-ring (bicyclic) bond motifs is 1. The lowest BCUT2D eigenvalue weighted by Crippen LogP contribution is -2.23. The van der Waals surface area contributed by atoms with Crippen LogP contribution in [0.15, 0.2) is 29.9 Å². The Morgan fingerprint density at radius 3 is 3.12 bits per heavy atom. The molecule has 2 aromatic rings. The van der Waals surface area contributed by atoms with Gasteiger partial charge in [-0.15, -0.1) is 11.3 Å². The first-order valence-electron chi connectivity index (χ1n) is 5.34. The molecule has 0 aliphatic carbocycles. The SMILES string of the molecule is N[C@H]1CC(c2cncs2)Oc2cc(F)ccc21. The number of halogens is 1. The topological polar surface area (TPSA) is 48.1 Å². The van der Waals surface area contributed by atoms with Crippen molar-refractivity contribution in [1.29, 1.82) is 0 Å². The normalized spacial score (nSPS) is 22.9. The van der Waals surface area contributed by atoms with Gasteiger partial charge in [0.1, 0.15) is 17.7 Å². The van der Waals surface area contributed by atoms with Crippen LogP contribution < -0.4 is 10.5 Å². The Kier molecular flexibility index (Phi) is 2.57. The maximum absolute atomic E-state index is 13.2. The summed E-state index contributed by atoms with van der Waals surface area (Å²) in [6.07, 6.45) is 2.35. The zero-order valence-electron chi connectivity index (χ0n) is 8.97. The molecule has 1 aromatic carbocycles. The second kappa shape index (κ2) is 4.09. The zero-order chi connectivity index (χ0) is 11.8. The average molecular weight is 250 g/mol. The molecule has 17 heavy (non-hydrogen) atoms. The van der Waals surface area contributed by atoms with Gasteiger partial charge in [0, 0.05) is 30.3 Å². The summed E-state index contributed by atoms with van der Waals surface area (Å²) >= 11 is 1.52. The van der Waals surface area contributed by atoms with Crippen LogP contribution in [0.1, 0.15) is 29.0 Å². The molecular formula is C12H11FN2OS. The number of nitrogens with two attached hydrogens (primary N) is 1. The highest BCUT2D eigenvalue weighted by Gasteiger charge is 2.28. The number of ether oxygens (including phenoxy) is 1. The first-order chi connectivity index (χ1) is 8.24. The molecule has 1 aliphatic heterocycles. The van der Waals surface area contributed by atoms with Gasteiger partial charge < -0.3 is 10.5 Å². The van der Waals surface area contributed by atoms with Gasteiger partial charge in [-0.05, 0) is 6.07 Å². The third-order valence-corrected chi connectivity index (χ3v) is 3.75. The number of hydrogen-bond donors (Lipinski definition) is 1. The Morgan fingerprint density at radius 2 is 2.35 bits per heavy atom. The summed E-state index contributed by atoms with van der Waals surface area (Å²) in [7, 11) is 0. The second-order valence-electron chi connectivity index (χ2n) is 4.03. The Balaban J connectivity index is 1.97. The Labute approximate surface area is 102 Å². The van der Waals surface area contributed by atoms with Crippen LogP contribution in [0.25, 0.3) is 0 Å². The molecule has 0 spiro atoms. The zero-order valence-corrected chi connectivity index (χ0v) is 9.78. The van der Waals surface area contributed by atoms with Crippen LogP contribution in [0.5, 0.6) is 5.75 Å². The van der Waals surface area contributed by atoms with E-state index in [1.54, 1.807) is 17.8 Å². The average Bonchev–Trinajstić information content (AvgIpc) is 2.81. The van der Waals surface area contributed by atoms with Crippen molar-refractivity contribution >= 4 is 11.3 Å². The summed E-state index contributed by atoms with van der Waals surface area (Å²) < 4.78 is 18.9. The smallest absolute Gasteiger partial charge is 0.136 e. The van der Waals surface area contributed by atoms with Gasteiger partial charge in [-0.3, -0.25) is 4.98 Å². The minimum absolute atomic E-state index is 0.119. The minimum Gasteiger partial charge on any atom is -0.484 e. The van der Waals surface area contributed by atoms with Gasteiger partial charge in [0.25, 0.3) is 0 Å². The summed E-state index contributed by atoms with van der Waals surface area (Å²) in [5, 5.41) is 0. The van der Waals surface area contributed by atoms with Crippen LogP contribution in [0.3, 0.4) is 0 Å². The highest BCUT2D eigenvalue weighted by atomic mass is 32.1. The standard InChI is InChI=1S/C12H11FN2OS/c13-7-1-2-8-9(14)4-11(16-10(8)3-7)12-5-15-6-17-12/h1-3,5-6,9,11H,4,14H2/t9-,11?/m0/s1. The molecular weight excluding hydrogens is 239 g/mol. The monoisotopic (exact) mass is 250 g/mol.